The molecule has 1 N–H and O–H groups in total. The quantitative estimate of drug-likeness (QED) is 0.738. The van der Waals surface area contributed by atoms with Crippen molar-refractivity contribution in [3.63, 3.8) is 0 Å². The first kappa shape index (κ1) is 10.7. The number of aromatic nitrogens is 4. The molecule has 0 fully saturated rings. The first-order valence-electron chi connectivity index (χ1n) is 5.10. The van der Waals surface area contributed by atoms with Gasteiger partial charge >= 0.3 is 0 Å². The molecule has 6 nitrogen and oxygen atoms in total. The van der Waals surface area contributed by atoms with Crippen molar-refractivity contribution >= 4 is 0 Å². The molecule has 0 amide bonds. The highest BCUT2D eigenvalue weighted by Crippen LogP contribution is 1.95. The molecule has 0 unspecified atom stereocenters. The van der Waals surface area contributed by atoms with Gasteiger partial charge in [-0.25, -0.2) is 9.97 Å². The third-order valence-corrected chi connectivity index (χ3v) is 2.00. The number of nitrogens with one attached hydrogen (secondary N) is 1. The van der Waals surface area contributed by atoms with E-state index in [1.165, 1.54) is 0 Å². The molecule has 0 saturated heterocycles. The Bertz CT molecular complexity index is 428. The first-order chi connectivity index (χ1) is 7.84. The van der Waals surface area contributed by atoms with E-state index in [2.05, 4.69) is 25.4 Å². The highest BCUT2D eigenvalue weighted by molar-refractivity contribution is 4.88. The zero-order valence-corrected chi connectivity index (χ0v) is 9.05. The molecule has 2 aromatic heterocycles. The smallest absolute Gasteiger partial charge is 0.223 e. The molecule has 2 heterocycles. The number of nitrogens with zero attached hydrogens (tertiary/aromatic N) is 4. The molecule has 16 heavy (non-hydrogen) atoms. The van der Waals surface area contributed by atoms with E-state index >= 15 is 0 Å². The molecular formula is C10H13N5O. The molecule has 0 aliphatic rings. The van der Waals surface area contributed by atoms with Gasteiger partial charge in [-0.2, -0.15) is 4.98 Å². The van der Waals surface area contributed by atoms with Crippen LogP contribution in [-0.4, -0.2) is 26.7 Å². The molecular weight excluding hydrogens is 206 g/mol. The van der Waals surface area contributed by atoms with Crippen molar-refractivity contribution in [3.8, 4) is 0 Å². The normalized spacial score (nSPS) is 10.6. The van der Waals surface area contributed by atoms with Crippen LogP contribution >= 0.6 is 0 Å². The zero-order valence-electron chi connectivity index (χ0n) is 9.05. The molecule has 0 atom stereocenters. The third-order valence-electron chi connectivity index (χ3n) is 2.00. The standard InChI is InChI=1S/C10H13N5O/c1-8-14-9(15-16-8)3-6-11-7-10-12-4-2-5-13-10/h2,4-5,11H,3,6-7H2,1H3. The van der Waals surface area contributed by atoms with Crippen LogP contribution in [0.1, 0.15) is 17.5 Å². The van der Waals surface area contributed by atoms with Crippen LogP contribution in [0.25, 0.3) is 0 Å². The van der Waals surface area contributed by atoms with E-state index in [1.54, 1.807) is 25.4 Å². The molecule has 2 aromatic rings. The molecule has 84 valence electrons. The Labute approximate surface area is 93.1 Å². The Kier molecular flexibility index (Phi) is 3.55. The summed E-state index contributed by atoms with van der Waals surface area (Å²) >= 11 is 0. The predicted molar refractivity (Wildman–Crippen MR) is 56.5 cm³/mol. The fourth-order valence-corrected chi connectivity index (χ4v) is 1.26. The van der Waals surface area contributed by atoms with E-state index in [4.69, 9.17) is 4.52 Å². The summed E-state index contributed by atoms with van der Waals surface area (Å²) in [6, 6.07) is 1.80. The Morgan fingerprint density at radius 2 is 2.06 bits per heavy atom. The van der Waals surface area contributed by atoms with Crippen molar-refractivity contribution in [2.45, 2.75) is 19.9 Å². The van der Waals surface area contributed by atoms with Crippen LogP contribution in [0.3, 0.4) is 0 Å². The molecule has 0 spiro atoms. The Morgan fingerprint density at radius 3 is 2.75 bits per heavy atom. The molecule has 2 rings (SSSR count). The van der Waals surface area contributed by atoms with Crippen molar-refractivity contribution in [3.05, 3.63) is 36.0 Å². The second kappa shape index (κ2) is 5.32. The summed E-state index contributed by atoms with van der Waals surface area (Å²) in [6.07, 6.45) is 4.20. The van der Waals surface area contributed by atoms with E-state index in [1.807, 2.05) is 0 Å². The lowest BCUT2D eigenvalue weighted by Gasteiger charge is -2.00. The van der Waals surface area contributed by atoms with E-state index in [9.17, 15) is 0 Å². The van der Waals surface area contributed by atoms with Gasteiger partial charge in [0, 0.05) is 32.3 Å². The molecule has 0 radical (unpaired) electrons. The maximum Gasteiger partial charge on any atom is 0.223 e. The summed E-state index contributed by atoms with van der Waals surface area (Å²) in [6.45, 7) is 3.20. The number of hydrogen-bond donors (Lipinski definition) is 1. The van der Waals surface area contributed by atoms with Gasteiger partial charge in [0.15, 0.2) is 5.82 Å². The number of rotatable bonds is 5. The van der Waals surface area contributed by atoms with Crippen LogP contribution in [0.2, 0.25) is 0 Å². The lowest BCUT2D eigenvalue weighted by Crippen LogP contribution is -2.18. The Balaban J connectivity index is 1.69. The average Bonchev–Trinajstić information content (AvgIpc) is 2.72. The third kappa shape index (κ3) is 3.09. The molecule has 0 aliphatic heterocycles. The second-order valence-electron chi connectivity index (χ2n) is 3.32. The van der Waals surface area contributed by atoms with E-state index in [0.717, 1.165) is 24.6 Å². The van der Waals surface area contributed by atoms with Crippen LogP contribution < -0.4 is 5.32 Å². The molecule has 0 aromatic carbocycles. The molecule has 0 saturated carbocycles. The minimum atomic E-state index is 0.599. The van der Waals surface area contributed by atoms with E-state index in [-0.39, 0.29) is 0 Å². The summed E-state index contributed by atoms with van der Waals surface area (Å²) < 4.78 is 4.87. The van der Waals surface area contributed by atoms with Gasteiger partial charge in [0.05, 0.1) is 6.54 Å². The van der Waals surface area contributed by atoms with Crippen molar-refractivity contribution in [1.29, 1.82) is 0 Å². The molecule has 0 bridgehead atoms. The van der Waals surface area contributed by atoms with Gasteiger partial charge in [-0.3, -0.25) is 0 Å². The fraction of sp³-hybridized carbons (Fsp3) is 0.400. The lowest BCUT2D eigenvalue weighted by molar-refractivity contribution is 0.387. The monoisotopic (exact) mass is 219 g/mol. The molecule has 6 heteroatoms. The summed E-state index contributed by atoms with van der Waals surface area (Å²) in [5, 5.41) is 7.02. The largest absolute Gasteiger partial charge is 0.340 e. The van der Waals surface area contributed by atoms with Crippen molar-refractivity contribution in [2.75, 3.05) is 6.54 Å². The van der Waals surface area contributed by atoms with Gasteiger partial charge in [0.1, 0.15) is 5.82 Å². The van der Waals surface area contributed by atoms with Crippen LogP contribution in [0.15, 0.2) is 23.0 Å². The summed E-state index contributed by atoms with van der Waals surface area (Å²) in [5.41, 5.74) is 0. The van der Waals surface area contributed by atoms with Gasteiger partial charge < -0.3 is 9.84 Å². The number of hydrogen-bond acceptors (Lipinski definition) is 6. The highest BCUT2D eigenvalue weighted by Gasteiger charge is 2.01. The maximum atomic E-state index is 4.87. The molecule has 0 aliphatic carbocycles. The summed E-state index contributed by atoms with van der Waals surface area (Å²) in [5.74, 6) is 2.10. The lowest BCUT2D eigenvalue weighted by atomic mass is 10.4. The second-order valence-corrected chi connectivity index (χ2v) is 3.32. The topological polar surface area (TPSA) is 76.7 Å². The van der Waals surface area contributed by atoms with E-state index < -0.39 is 0 Å². The predicted octanol–water partition coefficient (Wildman–Crippen LogP) is 0.500. The van der Waals surface area contributed by atoms with Crippen LogP contribution in [0.5, 0.6) is 0 Å². The van der Waals surface area contributed by atoms with Gasteiger partial charge in [-0.05, 0) is 6.07 Å². The van der Waals surface area contributed by atoms with E-state index in [0.29, 0.717) is 12.4 Å². The average molecular weight is 219 g/mol. The minimum absolute atomic E-state index is 0.599. The van der Waals surface area contributed by atoms with Crippen LogP contribution in [-0.2, 0) is 13.0 Å². The highest BCUT2D eigenvalue weighted by atomic mass is 16.5. The Morgan fingerprint density at radius 1 is 1.25 bits per heavy atom. The van der Waals surface area contributed by atoms with Gasteiger partial charge in [-0.1, -0.05) is 5.16 Å². The zero-order chi connectivity index (χ0) is 11.2. The minimum Gasteiger partial charge on any atom is -0.340 e. The van der Waals surface area contributed by atoms with Crippen molar-refractivity contribution in [1.82, 2.24) is 25.4 Å². The van der Waals surface area contributed by atoms with Gasteiger partial charge in [-0.15, -0.1) is 0 Å². The van der Waals surface area contributed by atoms with Crippen LogP contribution in [0, 0.1) is 6.92 Å². The van der Waals surface area contributed by atoms with Crippen LogP contribution in [0.4, 0.5) is 0 Å². The first-order valence-corrected chi connectivity index (χ1v) is 5.10. The summed E-state index contributed by atoms with van der Waals surface area (Å²) in [7, 11) is 0. The van der Waals surface area contributed by atoms with Crippen molar-refractivity contribution in [2.24, 2.45) is 0 Å². The summed E-state index contributed by atoms with van der Waals surface area (Å²) in [4.78, 5) is 12.3. The Hall–Kier alpha value is -1.82. The number of aryl methyl sites for hydroxylation is 1. The fourth-order valence-electron chi connectivity index (χ4n) is 1.26. The van der Waals surface area contributed by atoms with Gasteiger partial charge in [0.2, 0.25) is 5.89 Å². The van der Waals surface area contributed by atoms with Gasteiger partial charge in [0.25, 0.3) is 0 Å². The maximum absolute atomic E-state index is 4.87. The SMILES string of the molecule is Cc1nc(CCNCc2ncccn2)no1. The van der Waals surface area contributed by atoms with Crippen molar-refractivity contribution < 1.29 is 4.52 Å².